The Morgan fingerprint density at radius 2 is 2.11 bits per heavy atom. The molecule has 6 rings (SSSR count). The van der Waals surface area contributed by atoms with Crippen LogP contribution in [0, 0.1) is 0 Å². The number of halogens is 3. The number of anilines is 3. The van der Waals surface area contributed by atoms with Crippen molar-refractivity contribution in [1.82, 2.24) is 20.3 Å². The fraction of sp³-hybridized carbons (Fsp3) is 0.500. The Bertz CT molecular complexity index is 1340. The van der Waals surface area contributed by atoms with E-state index in [-0.39, 0.29) is 17.2 Å². The molecule has 2 fully saturated rings. The number of rotatable bonds is 5. The molecular formula is C26H29F3N6OS2. The van der Waals surface area contributed by atoms with Crippen molar-refractivity contribution in [3.05, 3.63) is 40.5 Å². The maximum absolute atomic E-state index is 14.0. The summed E-state index contributed by atoms with van der Waals surface area (Å²) in [4.78, 5) is 18.0. The fourth-order valence-corrected chi connectivity index (χ4v) is 7.54. The maximum atomic E-state index is 14.0. The van der Waals surface area contributed by atoms with Crippen LogP contribution in [-0.4, -0.2) is 53.0 Å². The van der Waals surface area contributed by atoms with Crippen LogP contribution in [0.2, 0.25) is 0 Å². The number of thioether (sulfide) groups is 1. The van der Waals surface area contributed by atoms with Crippen LogP contribution in [0.1, 0.15) is 42.8 Å². The summed E-state index contributed by atoms with van der Waals surface area (Å²) in [6.45, 7) is 7.42. The van der Waals surface area contributed by atoms with E-state index in [0.717, 1.165) is 65.7 Å². The predicted octanol–water partition coefficient (Wildman–Crippen LogP) is 5.83. The molecule has 2 aliphatic heterocycles. The van der Waals surface area contributed by atoms with E-state index in [1.165, 1.54) is 11.3 Å². The van der Waals surface area contributed by atoms with Gasteiger partial charge in [-0.2, -0.15) is 13.2 Å². The van der Waals surface area contributed by atoms with Gasteiger partial charge < -0.3 is 20.3 Å². The van der Waals surface area contributed by atoms with Crippen LogP contribution in [-0.2, 0) is 22.9 Å². The van der Waals surface area contributed by atoms with Gasteiger partial charge in [0.15, 0.2) is 0 Å². The summed E-state index contributed by atoms with van der Waals surface area (Å²) in [5, 5.41) is 6.57. The minimum atomic E-state index is -4.58. The van der Waals surface area contributed by atoms with E-state index in [0.29, 0.717) is 29.6 Å². The number of fused-ring (bicyclic) bond motifs is 2. The van der Waals surface area contributed by atoms with Crippen LogP contribution < -0.4 is 15.5 Å². The van der Waals surface area contributed by atoms with Crippen molar-refractivity contribution in [2.24, 2.45) is 0 Å². The molecule has 1 aliphatic carbocycles. The number of nitrogens with zero attached hydrogens (tertiary/aromatic N) is 4. The third-order valence-corrected chi connectivity index (χ3v) is 9.56. The lowest BCUT2D eigenvalue weighted by Gasteiger charge is -2.33. The largest absolute Gasteiger partial charge is 0.420 e. The van der Waals surface area contributed by atoms with Gasteiger partial charge in [0, 0.05) is 42.5 Å². The highest BCUT2D eigenvalue weighted by molar-refractivity contribution is 7.99. The summed E-state index contributed by atoms with van der Waals surface area (Å²) in [6.07, 6.45) is -1.24. The van der Waals surface area contributed by atoms with Crippen molar-refractivity contribution in [1.29, 1.82) is 0 Å². The highest BCUT2D eigenvalue weighted by Crippen LogP contribution is 2.57. The first-order valence-corrected chi connectivity index (χ1v) is 14.7. The lowest BCUT2D eigenvalue weighted by atomic mass is 10.2. The molecule has 0 bridgehead atoms. The molecule has 202 valence electrons. The molecule has 0 amide bonds. The van der Waals surface area contributed by atoms with Crippen molar-refractivity contribution in [3.8, 4) is 10.6 Å². The SMILES string of the molecule is CCc1nc(N2CCNC(C)C2)ccc1Nc1ncc(C(F)(F)F)c(-c2cc3c(s2)C2(CC2)OCCS3)n1. The highest BCUT2D eigenvalue weighted by atomic mass is 32.2. The van der Waals surface area contributed by atoms with E-state index in [9.17, 15) is 13.2 Å². The van der Waals surface area contributed by atoms with Crippen LogP contribution >= 0.6 is 23.1 Å². The maximum Gasteiger partial charge on any atom is 0.420 e. The van der Waals surface area contributed by atoms with E-state index in [2.05, 4.69) is 32.4 Å². The van der Waals surface area contributed by atoms with E-state index in [4.69, 9.17) is 9.72 Å². The Hall–Kier alpha value is -2.41. The first kappa shape index (κ1) is 25.8. The molecule has 1 spiro atoms. The summed E-state index contributed by atoms with van der Waals surface area (Å²) in [6, 6.07) is 6.06. The van der Waals surface area contributed by atoms with Crippen LogP contribution in [0.4, 0.5) is 30.6 Å². The summed E-state index contributed by atoms with van der Waals surface area (Å²) in [5.41, 5.74) is 0.216. The number of alkyl halides is 3. The molecule has 1 unspecified atom stereocenters. The van der Waals surface area contributed by atoms with Crippen molar-refractivity contribution < 1.29 is 17.9 Å². The lowest BCUT2D eigenvalue weighted by Crippen LogP contribution is -2.49. The number of piperazine rings is 1. The Morgan fingerprint density at radius 1 is 1.26 bits per heavy atom. The normalized spacial score (nSPS) is 20.8. The number of pyridine rings is 1. The summed E-state index contributed by atoms with van der Waals surface area (Å²) >= 11 is 2.99. The van der Waals surface area contributed by atoms with E-state index in [1.807, 2.05) is 25.1 Å². The quantitative estimate of drug-likeness (QED) is 0.402. The minimum absolute atomic E-state index is 0.109. The Kier molecular flexibility index (Phi) is 6.78. The molecule has 7 nitrogen and oxygen atoms in total. The molecule has 12 heteroatoms. The average Bonchev–Trinajstić information content (AvgIpc) is 3.59. The van der Waals surface area contributed by atoms with Crippen LogP contribution in [0.5, 0.6) is 0 Å². The molecule has 5 heterocycles. The second kappa shape index (κ2) is 9.96. The van der Waals surface area contributed by atoms with Gasteiger partial charge in [-0.05, 0) is 44.4 Å². The van der Waals surface area contributed by atoms with Gasteiger partial charge in [0.25, 0.3) is 0 Å². The summed E-state index contributed by atoms with van der Waals surface area (Å²) in [5.74, 6) is 1.79. The van der Waals surface area contributed by atoms with Crippen LogP contribution in [0.3, 0.4) is 0 Å². The van der Waals surface area contributed by atoms with Gasteiger partial charge in [0.05, 0.1) is 33.4 Å². The van der Waals surface area contributed by atoms with Gasteiger partial charge in [-0.15, -0.1) is 23.1 Å². The Morgan fingerprint density at radius 3 is 2.84 bits per heavy atom. The first-order valence-electron chi connectivity index (χ1n) is 12.9. The Labute approximate surface area is 227 Å². The molecule has 2 N–H and O–H groups in total. The van der Waals surface area contributed by atoms with Gasteiger partial charge >= 0.3 is 6.18 Å². The number of nitrogens with one attached hydrogen (secondary N) is 2. The molecule has 3 aromatic rings. The van der Waals surface area contributed by atoms with Gasteiger partial charge in [-0.25, -0.2) is 15.0 Å². The van der Waals surface area contributed by atoms with Gasteiger partial charge in [-0.1, -0.05) is 6.92 Å². The van der Waals surface area contributed by atoms with Crippen LogP contribution in [0.15, 0.2) is 29.3 Å². The fourth-order valence-electron chi connectivity index (χ4n) is 5.00. The molecule has 3 aromatic heterocycles. The van der Waals surface area contributed by atoms with E-state index < -0.39 is 11.7 Å². The zero-order valence-corrected chi connectivity index (χ0v) is 22.8. The average molecular weight is 563 g/mol. The predicted molar refractivity (Wildman–Crippen MR) is 145 cm³/mol. The third-order valence-electron chi connectivity index (χ3n) is 7.10. The van der Waals surface area contributed by atoms with Crippen molar-refractivity contribution in [3.63, 3.8) is 0 Å². The molecule has 1 saturated carbocycles. The number of aromatic nitrogens is 3. The van der Waals surface area contributed by atoms with Gasteiger partial charge in [-0.3, -0.25) is 0 Å². The smallest absolute Gasteiger partial charge is 0.369 e. The molecule has 1 atom stereocenters. The second-order valence-corrected chi connectivity index (χ2v) is 12.1. The lowest BCUT2D eigenvalue weighted by molar-refractivity contribution is -0.137. The zero-order valence-electron chi connectivity index (χ0n) is 21.2. The third kappa shape index (κ3) is 4.99. The summed E-state index contributed by atoms with van der Waals surface area (Å²) < 4.78 is 48.2. The number of hydrogen-bond donors (Lipinski definition) is 2. The minimum Gasteiger partial charge on any atom is -0.369 e. The topological polar surface area (TPSA) is 75.2 Å². The van der Waals surface area contributed by atoms with Gasteiger partial charge in [0.2, 0.25) is 5.95 Å². The molecule has 0 radical (unpaired) electrons. The molecule has 38 heavy (non-hydrogen) atoms. The molecular weight excluding hydrogens is 533 g/mol. The number of hydrogen-bond acceptors (Lipinski definition) is 9. The Balaban J connectivity index is 1.33. The molecule has 0 aromatic carbocycles. The van der Waals surface area contributed by atoms with Crippen molar-refractivity contribution in [2.75, 3.05) is 42.2 Å². The number of aryl methyl sites for hydroxylation is 1. The first-order chi connectivity index (χ1) is 18.3. The van der Waals surface area contributed by atoms with Gasteiger partial charge in [0.1, 0.15) is 17.0 Å². The number of thiophene rings is 1. The zero-order chi connectivity index (χ0) is 26.5. The number of ether oxygens (including phenoxy) is 1. The highest BCUT2D eigenvalue weighted by Gasteiger charge is 2.50. The van der Waals surface area contributed by atoms with E-state index >= 15 is 0 Å². The summed E-state index contributed by atoms with van der Waals surface area (Å²) in [7, 11) is 0. The second-order valence-electron chi connectivity index (χ2n) is 9.89. The van der Waals surface area contributed by atoms with Crippen molar-refractivity contribution >= 4 is 40.6 Å². The van der Waals surface area contributed by atoms with Crippen molar-refractivity contribution in [2.45, 2.75) is 55.8 Å². The molecule has 1 saturated heterocycles. The van der Waals surface area contributed by atoms with E-state index in [1.54, 1.807) is 11.8 Å². The monoisotopic (exact) mass is 562 g/mol. The van der Waals surface area contributed by atoms with Crippen LogP contribution in [0.25, 0.3) is 10.6 Å². The molecule has 3 aliphatic rings. The standard InChI is InChI=1S/C26H29F3N6OS2/c1-3-17-18(4-5-21(32-17)35-9-8-30-15(2)14-35)33-24-31-13-16(26(27,28)29)22(34-24)19-12-20-23(38-19)25(6-7-25)36-10-11-37-20/h4-5,12-13,15,30H,3,6-11,14H2,1-2H3,(H,31,33,34).